The van der Waals surface area contributed by atoms with Crippen LogP contribution in [0.5, 0.6) is 0 Å². The summed E-state index contributed by atoms with van der Waals surface area (Å²) in [6, 6.07) is 4.88. The zero-order chi connectivity index (χ0) is 13.4. The van der Waals surface area contributed by atoms with Gasteiger partial charge in [0.2, 0.25) is 0 Å². The van der Waals surface area contributed by atoms with E-state index in [1.165, 1.54) is 17.5 Å². The Morgan fingerprint density at radius 2 is 2.30 bits per heavy atom. The molecule has 4 rings (SSSR count). The summed E-state index contributed by atoms with van der Waals surface area (Å²) in [6.45, 7) is 3.24. The Bertz CT molecular complexity index is 596. The minimum absolute atomic E-state index is 0.311. The monoisotopic (exact) mass is 275 g/mol. The number of aromatic nitrogens is 5. The molecule has 106 valence electrons. The van der Waals surface area contributed by atoms with Gasteiger partial charge in [-0.1, -0.05) is 0 Å². The third kappa shape index (κ3) is 2.32. The maximum absolute atomic E-state index is 5.60. The van der Waals surface area contributed by atoms with Crippen LogP contribution in [-0.2, 0) is 4.74 Å². The van der Waals surface area contributed by atoms with E-state index in [0.29, 0.717) is 17.7 Å². The Balaban J connectivity index is 1.55. The van der Waals surface area contributed by atoms with E-state index in [4.69, 9.17) is 4.74 Å². The lowest BCUT2D eigenvalue weighted by Crippen LogP contribution is -2.51. The Kier molecular flexibility index (Phi) is 2.96. The van der Waals surface area contributed by atoms with E-state index >= 15 is 0 Å². The van der Waals surface area contributed by atoms with Gasteiger partial charge in [0.05, 0.1) is 19.3 Å². The summed E-state index contributed by atoms with van der Waals surface area (Å²) in [6.07, 6.45) is 2.59. The van der Waals surface area contributed by atoms with Gasteiger partial charge in [-0.05, 0) is 35.4 Å². The first-order valence-electron chi connectivity index (χ1n) is 7.03. The summed E-state index contributed by atoms with van der Waals surface area (Å²) >= 11 is 0. The summed E-state index contributed by atoms with van der Waals surface area (Å²) in [7, 11) is 0. The van der Waals surface area contributed by atoms with Crippen molar-refractivity contribution in [1.82, 2.24) is 30.6 Å². The molecule has 0 aromatic carbocycles. The number of tetrazole rings is 1. The molecule has 2 aromatic rings. The Hall–Kier alpha value is -1.80. The van der Waals surface area contributed by atoms with Crippen LogP contribution in [0.4, 0.5) is 5.82 Å². The van der Waals surface area contributed by atoms with Crippen LogP contribution in [0.25, 0.3) is 5.65 Å². The smallest absolute Gasteiger partial charge is 0.200 e. The molecule has 3 heterocycles. The van der Waals surface area contributed by atoms with E-state index < -0.39 is 0 Å². The minimum atomic E-state index is 0.311. The first kappa shape index (κ1) is 12.0. The molecule has 0 bridgehead atoms. The number of hydrogen-bond donors (Lipinski definition) is 1. The first-order chi connectivity index (χ1) is 9.90. The lowest BCUT2D eigenvalue weighted by molar-refractivity contribution is 0.0931. The highest BCUT2D eigenvalue weighted by Crippen LogP contribution is 2.21. The third-order valence-electron chi connectivity index (χ3n) is 3.80. The maximum Gasteiger partial charge on any atom is 0.200 e. The topological polar surface area (TPSA) is 80.5 Å². The summed E-state index contributed by atoms with van der Waals surface area (Å²) in [5.74, 6) is 0.899. The molecule has 2 fully saturated rings. The minimum Gasteiger partial charge on any atom is -0.377 e. The summed E-state index contributed by atoms with van der Waals surface area (Å²) in [5, 5.41) is 19.4. The lowest BCUT2D eigenvalue weighted by Gasteiger charge is -2.36. The predicted molar refractivity (Wildman–Crippen MR) is 71.6 cm³/mol. The second-order valence-corrected chi connectivity index (χ2v) is 5.32. The quantitative estimate of drug-likeness (QED) is 0.804. The van der Waals surface area contributed by atoms with Crippen LogP contribution in [0.15, 0.2) is 12.1 Å². The van der Waals surface area contributed by atoms with Crippen molar-refractivity contribution in [1.29, 1.82) is 0 Å². The number of hydrogen-bond acceptors (Lipinski definition) is 7. The van der Waals surface area contributed by atoms with Crippen molar-refractivity contribution in [3.05, 3.63) is 12.1 Å². The molecule has 0 spiro atoms. The molecule has 2 aromatic heterocycles. The number of nitrogens with zero attached hydrogens (tertiary/aromatic N) is 6. The number of rotatable bonds is 4. The van der Waals surface area contributed by atoms with Gasteiger partial charge in [0.25, 0.3) is 0 Å². The molecule has 2 aliphatic rings. The SMILES string of the molecule is c1cc2nnnn2nc1N1CCOCC1CNC1CC1. The van der Waals surface area contributed by atoms with Crippen LogP contribution in [-0.4, -0.2) is 63.6 Å². The van der Waals surface area contributed by atoms with Gasteiger partial charge in [-0.3, -0.25) is 0 Å². The normalized spacial score (nSPS) is 23.4. The van der Waals surface area contributed by atoms with E-state index in [1.54, 1.807) is 0 Å². The first-order valence-corrected chi connectivity index (χ1v) is 7.03. The molecule has 8 nitrogen and oxygen atoms in total. The second-order valence-electron chi connectivity index (χ2n) is 5.32. The molecule has 1 atom stereocenters. The molecule has 1 unspecified atom stereocenters. The van der Waals surface area contributed by atoms with Crippen LogP contribution in [0, 0.1) is 0 Å². The van der Waals surface area contributed by atoms with Crippen LogP contribution >= 0.6 is 0 Å². The van der Waals surface area contributed by atoms with Gasteiger partial charge in [-0.2, -0.15) is 0 Å². The van der Waals surface area contributed by atoms with Gasteiger partial charge in [0.1, 0.15) is 0 Å². The van der Waals surface area contributed by atoms with Crippen molar-refractivity contribution in [2.24, 2.45) is 0 Å². The van der Waals surface area contributed by atoms with Gasteiger partial charge < -0.3 is 15.0 Å². The molecule has 0 amide bonds. The number of nitrogens with one attached hydrogen (secondary N) is 1. The Morgan fingerprint density at radius 3 is 3.20 bits per heavy atom. The van der Waals surface area contributed by atoms with Crippen LogP contribution < -0.4 is 10.2 Å². The number of fused-ring (bicyclic) bond motifs is 1. The van der Waals surface area contributed by atoms with E-state index in [2.05, 4.69) is 30.8 Å². The van der Waals surface area contributed by atoms with Crippen LogP contribution in [0.2, 0.25) is 0 Å². The molecule has 1 saturated heterocycles. The van der Waals surface area contributed by atoms with Crippen LogP contribution in [0.3, 0.4) is 0 Å². The molecular formula is C12H17N7O. The van der Waals surface area contributed by atoms with Gasteiger partial charge in [-0.15, -0.1) is 14.8 Å². The second kappa shape index (κ2) is 4.95. The Labute approximate surface area is 116 Å². The molecule has 1 N–H and O–H groups in total. The summed E-state index contributed by atoms with van der Waals surface area (Å²) in [4.78, 5) is 2.28. The zero-order valence-electron chi connectivity index (χ0n) is 11.1. The van der Waals surface area contributed by atoms with Gasteiger partial charge >= 0.3 is 0 Å². The molecule has 0 radical (unpaired) electrons. The molecule has 20 heavy (non-hydrogen) atoms. The van der Waals surface area contributed by atoms with Crippen LogP contribution in [0.1, 0.15) is 12.8 Å². The highest BCUT2D eigenvalue weighted by Gasteiger charge is 2.27. The van der Waals surface area contributed by atoms with Crippen molar-refractivity contribution in [2.75, 3.05) is 31.2 Å². The number of morpholine rings is 1. The third-order valence-corrected chi connectivity index (χ3v) is 3.80. The highest BCUT2D eigenvalue weighted by molar-refractivity contribution is 5.45. The molecule has 1 aliphatic carbocycles. The maximum atomic E-state index is 5.60. The number of anilines is 1. The summed E-state index contributed by atoms with van der Waals surface area (Å²) < 4.78 is 7.07. The van der Waals surface area contributed by atoms with Crippen molar-refractivity contribution in [2.45, 2.75) is 24.9 Å². The molecule has 1 aliphatic heterocycles. The molecular weight excluding hydrogens is 258 g/mol. The average Bonchev–Trinajstić information content (AvgIpc) is 3.20. The van der Waals surface area contributed by atoms with Crippen molar-refractivity contribution in [3.63, 3.8) is 0 Å². The van der Waals surface area contributed by atoms with E-state index in [-0.39, 0.29) is 0 Å². The van der Waals surface area contributed by atoms with E-state index in [1.807, 2.05) is 12.1 Å². The lowest BCUT2D eigenvalue weighted by atomic mass is 10.2. The standard InChI is InChI=1S/C12H17N7O/c1-2-9(1)13-7-10-8-20-6-5-18(10)12-4-3-11-14-16-17-19(11)15-12/h3-4,9-10,13H,1-2,5-8H2. The van der Waals surface area contributed by atoms with Crippen molar-refractivity contribution < 1.29 is 4.74 Å². The largest absolute Gasteiger partial charge is 0.377 e. The fraction of sp³-hybridized carbons (Fsp3) is 0.667. The van der Waals surface area contributed by atoms with Crippen molar-refractivity contribution in [3.8, 4) is 0 Å². The fourth-order valence-electron chi connectivity index (χ4n) is 2.51. The van der Waals surface area contributed by atoms with Gasteiger partial charge in [0.15, 0.2) is 11.5 Å². The zero-order valence-corrected chi connectivity index (χ0v) is 11.1. The predicted octanol–water partition coefficient (Wildman–Crippen LogP) is -0.523. The molecule has 8 heteroatoms. The average molecular weight is 275 g/mol. The van der Waals surface area contributed by atoms with Gasteiger partial charge in [0, 0.05) is 19.1 Å². The van der Waals surface area contributed by atoms with E-state index in [9.17, 15) is 0 Å². The highest BCUT2D eigenvalue weighted by atomic mass is 16.5. The van der Waals surface area contributed by atoms with Crippen molar-refractivity contribution >= 4 is 11.5 Å². The van der Waals surface area contributed by atoms with Gasteiger partial charge in [-0.25, -0.2) is 0 Å². The summed E-state index contributed by atoms with van der Waals surface area (Å²) in [5.41, 5.74) is 0.662. The van der Waals surface area contributed by atoms with E-state index in [0.717, 1.165) is 32.1 Å². The molecule has 1 saturated carbocycles. The number of ether oxygens (including phenoxy) is 1. The fourth-order valence-corrected chi connectivity index (χ4v) is 2.51. The Morgan fingerprint density at radius 1 is 1.35 bits per heavy atom.